The van der Waals surface area contributed by atoms with Crippen LogP contribution >= 0.6 is 12.2 Å². The number of alkyl halides is 3. The van der Waals surface area contributed by atoms with Gasteiger partial charge in [0, 0.05) is 12.6 Å². The van der Waals surface area contributed by atoms with Gasteiger partial charge in [-0.1, -0.05) is 12.1 Å². The van der Waals surface area contributed by atoms with E-state index >= 15 is 0 Å². The van der Waals surface area contributed by atoms with Crippen LogP contribution in [-0.2, 0) is 12.7 Å². The fourth-order valence-electron chi connectivity index (χ4n) is 2.51. The lowest BCUT2D eigenvalue weighted by Crippen LogP contribution is -3.13. The Bertz CT molecular complexity index is 496. The molecule has 1 heterocycles. The third kappa shape index (κ3) is 4.31. The van der Waals surface area contributed by atoms with Crippen LogP contribution in [0.2, 0.25) is 0 Å². The van der Waals surface area contributed by atoms with Gasteiger partial charge in [-0.2, -0.15) is 13.2 Å². The van der Waals surface area contributed by atoms with E-state index in [1.165, 1.54) is 17.0 Å². The second kappa shape index (κ2) is 6.62. The van der Waals surface area contributed by atoms with Crippen LogP contribution in [0.4, 0.5) is 13.2 Å². The van der Waals surface area contributed by atoms with Gasteiger partial charge in [0.05, 0.1) is 31.7 Å². The van der Waals surface area contributed by atoms with E-state index in [-0.39, 0.29) is 0 Å². The van der Waals surface area contributed by atoms with Crippen LogP contribution in [0.25, 0.3) is 0 Å². The average molecular weight is 318 g/mol. The number of hydrogen-bond acceptors (Lipinski definition) is 1. The highest BCUT2D eigenvalue weighted by Crippen LogP contribution is 2.29. The number of halogens is 3. The molecule has 1 aliphatic rings. The van der Waals surface area contributed by atoms with Gasteiger partial charge in [-0.15, -0.1) is 0 Å². The molecule has 0 saturated carbocycles. The van der Waals surface area contributed by atoms with Crippen LogP contribution in [0.15, 0.2) is 24.3 Å². The minimum Gasteiger partial charge on any atom is -0.366 e. The number of quaternary nitrogens is 1. The quantitative estimate of drug-likeness (QED) is 0.791. The van der Waals surface area contributed by atoms with Gasteiger partial charge in [0.1, 0.15) is 6.54 Å². The molecule has 2 N–H and O–H groups in total. The van der Waals surface area contributed by atoms with Crippen molar-refractivity contribution in [2.45, 2.75) is 12.7 Å². The van der Waals surface area contributed by atoms with Crippen LogP contribution in [0.3, 0.4) is 0 Å². The monoisotopic (exact) mass is 318 g/mol. The van der Waals surface area contributed by atoms with Crippen LogP contribution in [0.1, 0.15) is 11.1 Å². The molecule has 0 radical (unpaired) electrons. The third-order valence-electron chi connectivity index (χ3n) is 3.68. The van der Waals surface area contributed by atoms with Gasteiger partial charge in [0.2, 0.25) is 0 Å². The van der Waals surface area contributed by atoms with Crippen molar-refractivity contribution in [3.63, 3.8) is 0 Å². The fourth-order valence-corrected chi connectivity index (χ4v) is 2.69. The van der Waals surface area contributed by atoms with E-state index in [0.29, 0.717) is 6.54 Å². The topological polar surface area (TPSA) is 19.7 Å². The lowest BCUT2D eigenvalue weighted by Gasteiger charge is -2.33. The zero-order valence-electron chi connectivity index (χ0n) is 11.8. The van der Waals surface area contributed by atoms with Crippen LogP contribution < -0.4 is 10.2 Å². The molecule has 0 bridgehead atoms. The molecule has 7 heteroatoms. The van der Waals surface area contributed by atoms with Crippen molar-refractivity contribution < 1.29 is 18.1 Å². The van der Waals surface area contributed by atoms with E-state index in [2.05, 4.69) is 10.2 Å². The summed E-state index contributed by atoms with van der Waals surface area (Å²) in [5, 5.41) is 3.68. The largest absolute Gasteiger partial charge is 0.416 e. The fraction of sp³-hybridized carbons (Fsp3) is 0.500. The van der Waals surface area contributed by atoms with E-state index in [1.807, 2.05) is 0 Å². The molecule has 0 amide bonds. The van der Waals surface area contributed by atoms with Gasteiger partial charge < -0.3 is 15.1 Å². The first-order chi connectivity index (χ1) is 9.90. The number of rotatable bonds is 2. The van der Waals surface area contributed by atoms with Crippen molar-refractivity contribution in [1.29, 1.82) is 0 Å². The Kier molecular flexibility index (Phi) is 5.05. The van der Waals surface area contributed by atoms with Crippen molar-refractivity contribution in [3.8, 4) is 0 Å². The van der Waals surface area contributed by atoms with E-state index in [9.17, 15) is 13.2 Å². The van der Waals surface area contributed by atoms with E-state index in [0.717, 1.165) is 42.9 Å². The Morgan fingerprint density at radius 2 is 2.00 bits per heavy atom. The molecule has 1 aliphatic heterocycles. The number of nitrogens with zero attached hydrogens (tertiary/aromatic N) is 1. The molecule has 0 aromatic heterocycles. The molecule has 0 spiro atoms. The standard InChI is InChI=1S/C14H18F3N3S/c1-18-13(21)20-7-5-19(6-8-20)10-11-3-2-4-12(9-11)14(15,16)17/h2-4,9H,5-8,10H2,1H3,(H,18,21)/p+1. The highest BCUT2D eigenvalue weighted by atomic mass is 32.1. The maximum absolute atomic E-state index is 12.7. The van der Waals surface area contributed by atoms with Crippen molar-refractivity contribution in [2.75, 3.05) is 33.2 Å². The Balaban J connectivity index is 1.93. The van der Waals surface area contributed by atoms with Crippen LogP contribution in [0.5, 0.6) is 0 Å². The Morgan fingerprint density at radius 1 is 1.33 bits per heavy atom. The molecule has 21 heavy (non-hydrogen) atoms. The maximum Gasteiger partial charge on any atom is 0.416 e. The molecule has 1 fully saturated rings. The predicted octanol–water partition coefficient (Wildman–Crippen LogP) is 0.910. The first-order valence-electron chi connectivity index (χ1n) is 6.86. The molecule has 0 aliphatic carbocycles. The predicted molar refractivity (Wildman–Crippen MR) is 79.1 cm³/mol. The van der Waals surface area contributed by atoms with Gasteiger partial charge in [0.15, 0.2) is 5.11 Å². The lowest BCUT2D eigenvalue weighted by atomic mass is 10.1. The first kappa shape index (κ1) is 16.0. The third-order valence-corrected chi connectivity index (χ3v) is 4.14. The summed E-state index contributed by atoms with van der Waals surface area (Å²) in [7, 11) is 1.80. The van der Waals surface area contributed by atoms with Crippen molar-refractivity contribution in [1.82, 2.24) is 10.2 Å². The van der Waals surface area contributed by atoms with Gasteiger partial charge in [0.25, 0.3) is 0 Å². The molecule has 0 atom stereocenters. The summed E-state index contributed by atoms with van der Waals surface area (Å²) in [5.41, 5.74) is 0.152. The molecular formula is C14H19F3N3S+. The molecule has 1 saturated heterocycles. The molecular weight excluding hydrogens is 299 g/mol. The average Bonchev–Trinajstić information content (AvgIpc) is 2.47. The lowest BCUT2D eigenvalue weighted by molar-refractivity contribution is -0.917. The molecule has 116 valence electrons. The Labute approximate surface area is 127 Å². The number of hydrogen-bond donors (Lipinski definition) is 2. The summed E-state index contributed by atoms with van der Waals surface area (Å²) in [6.45, 7) is 4.02. The second-order valence-electron chi connectivity index (χ2n) is 5.17. The number of piperazine rings is 1. The molecule has 0 unspecified atom stereocenters. The second-order valence-corrected chi connectivity index (χ2v) is 5.55. The summed E-state index contributed by atoms with van der Waals surface area (Å²) in [6, 6.07) is 5.59. The van der Waals surface area contributed by atoms with E-state index < -0.39 is 11.7 Å². The Morgan fingerprint density at radius 3 is 2.57 bits per heavy atom. The normalized spacial score (nSPS) is 16.9. The Hall–Kier alpha value is -1.34. The van der Waals surface area contributed by atoms with E-state index in [1.54, 1.807) is 13.1 Å². The minimum atomic E-state index is -4.27. The number of benzene rings is 1. The summed E-state index contributed by atoms with van der Waals surface area (Å²) < 4.78 is 38.1. The summed E-state index contributed by atoms with van der Waals surface area (Å²) in [4.78, 5) is 3.37. The molecule has 1 aromatic carbocycles. The van der Waals surface area contributed by atoms with Gasteiger partial charge in [-0.05, 0) is 24.4 Å². The SMILES string of the molecule is CNC(=S)N1CC[NH+](Cc2cccc(C(F)(F)F)c2)CC1. The molecule has 1 aromatic rings. The minimum absolute atomic E-state index is 0.575. The highest BCUT2D eigenvalue weighted by molar-refractivity contribution is 7.80. The smallest absolute Gasteiger partial charge is 0.366 e. The number of thiocarbonyl (C=S) groups is 1. The maximum atomic E-state index is 12.7. The summed E-state index contributed by atoms with van der Waals surface area (Å²) in [6.07, 6.45) is -4.27. The zero-order chi connectivity index (χ0) is 15.5. The summed E-state index contributed by atoms with van der Waals surface area (Å²) >= 11 is 5.18. The van der Waals surface area contributed by atoms with Gasteiger partial charge in [-0.3, -0.25) is 0 Å². The van der Waals surface area contributed by atoms with Crippen molar-refractivity contribution in [2.24, 2.45) is 0 Å². The van der Waals surface area contributed by atoms with E-state index in [4.69, 9.17) is 12.2 Å². The molecule has 2 rings (SSSR count). The van der Waals surface area contributed by atoms with Gasteiger partial charge >= 0.3 is 6.18 Å². The highest BCUT2D eigenvalue weighted by Gasteiger charge is 2.30. The van der Waals surface area contributed by atoms with Crippen molar-refractivity contribution in [3.05, 3.63) is 35.4 Å². The van der Waals surface area contributed by atoms with Crippen molar-refractivity contribution >= 4 is 17.3 Å². The van der Waals surface area contributed by atoms with Crippen LogP contribution in [-0.4, -0.2) is 43.2 Å². The summed E-state index contributed by atoms with van der Waals surface area (Å²) in [5.74, 6) is 0. The zero-order valence-corrected chi connectivity index (χ0v) is 12.7. The first-order valence-corrected chi connectivity index (χ1v) is 7.27. The molecule has 3 nitrogen and oxygen atoms in total. The van der Waals surface area contributed by atoms with Crippen LogP contribution in [0, 0.1) is 0 Å². The number of nitrogens with one attached hydrogen (secondary N) is 2. The van der Waals surface area contributed by atoms with Gasteiger partial charge in [-0.25, -0.2) is 0 Å².